The van der Waals surface area contributed by atoms with Crippen molar-refractivity contribution in [3.63, 3.8) is 0 Å². The van der Waals surface area contributed by atoms with E-state index in [1.54, 1.807) is 36.4 Å². The third-order valence-corrected chi connectivity index (χ3v) is 3.27. The molecule has 0 saturated carbocycles. The van der Waals surface area contributed by atoms with Gasteiger partial charge in [-0.2, -0.15) is 0 Å². The minimum absolute atomic E-state index is 0.264. The van der Waals surface area contributed by atoms with Gasteiger partial charge < -0.3 is 9.73 Å². The molecule has 0 fully saturated rings. The molecule has 2 heterocycles. The smallest absolute Gasteiger partial charge is 0.275 e. The lowest BCUT2D eigenvalue weighted by Crippen LogP contribution is -2.24. The molecule has 1 N–H and O–H groups in total. The summed E-state index contributed by atoms with van der Waals surface area (Å²) in [6.07, 6.45) is 3.12. The molecule has 1 aromatic heterocycles. The molecule has 20 heavy (non-hydrogen) atoms. The van der Waals surface area contributed by atoms with E-state index in [9.17, 15) is 4.79 Å². The zero-order valence-corrected chi connectivity index (χ0v) is 11.6. The molecule has 0 atom stereocenters. The van der Waals surface area contributed by atoms with Crippen LogP contribution in [0.5, 0.6) is 0 Å². The average Bonchev–Trinajstić information content (AvgIpc) is 3.03. The Balaban J connectivity index is 1.97. The van der Waals surface area contributed by atoms with Crippen LogP contribution in [0.15, 0.2) is 51.7 Å². The number of amides is 1. The first-order chi connectivity index (χ1) is 9.63. The van der Waals surface area contributed by atoms with Crippen molar-refractivity contribution < 1.29 is 9.21 Å². The molecule has 0 saturated heterocycles. The van der Waals surface area contributed by atoms with E-state index >= 15 is 0 Å². The maximum Gasteiger partial charge on any atom is 0.275 e. The molecule has 0 spiro atoms. The topological polar surface area (TPSA) is 54.6 Å². The Labute approximate surface area is 124 Å². The number of amidine groups is 1. The van der Waals surface area contributed by atoms with Gasteiger partial charge in [0.2, 0.25) is 0 Å². The van der Waals surface area contributed by atoms with E-state index in [2.05, 4.69) is 10.3 Å². The lowest BCUT2D eigenvalue weighted by Gasteiger charge is -1.99. The van der Waals surface area contributed by atoms with Gasteiger partial charge in [-0.3, -0.25) is 4.79 Å². The van der Waals surface area contributed by atoms with E-state index < -0.39 is 0 Å². The van der Waals surface area contributed by atoms with Crippen LogP contribution >= 0.6 is 23.2 Å². The Morgan fingerprint density at radius 1 is 1.25 bits per heavy atom. The molecule has 2 aromatic rings. The summed E-state index contributed by atoms with van der Waals surface area (Å²) < 4.78 is 5.19. The monoisotopic (exact) mass is 306 g/mol. The van der Waals surface area contributed by atoms with Crippen molar-refractivity contribution in [2.45, 2.75) is 0 Å². The van der Waals surface area contributed by atoms with Gasteiger partial charge in [0.15, 0.2) is 11.6 Å². The molecule has 0 radical (unpaired) electrons. The molecule has 100 valence electrons. The van der Waals surface area contributed by atoms with Crippen LogP contribution in [0.25, 0.3) is 6.08 Å². The summed E-state index contributed by atoms with van der Waals surface area (Å²) in [4.78, 5) is 16.1. The number of carbonyl (C=O) groups excluding carboxylic acids is 1. The van der Waals surface area contributed by atoms with Crippen molar-refractivity contribution in [1.82, 2.24) is 5.32 Å². The SMILES string of the molecule is O=C1NC(c2ccco2)=NC1=Cc1ccc(Cl)cc1Cl. The Hall–Kier alpha value is -2.04. The molecule has 6 heteroatoms. The number of nitrogens with one attached hydrogen (secondary N) is 1. The third-order valence-electron chi connectivity index (χ3n) is 2.71. The van der Waals surface area contributed by atoms with Crippen LogP contribution in [-0.2, 0) is 4.79 Å². The number of hydrogen-bond donors (Lipinski definition) is 1. The maximum absolute atomic E-state index is 11.9. The van der Waals surface area contributed by atoms with Gasteiger partial charge in [-0.25, -0.2) is 4.99 Å². The number of hydrogen-bond acceptors (Lipinski definition) is 3. The van der Waals surface area contributed by atoms with E-state index in [0.717, 1.165) is 0 Å². The van der Waals surface area contributed by atoms with Crippen molar-refractivity contribution in [1.29, 1.82) is 0 Å². The summed E-state index contributed by atoms with van der Waals surface area (Å²) in [6.45, 7) is 0. The van der Waals surface area contributed by atoms with E-state index in [4.69, 9.17) is 27.6 Å². The van der Waals surface area contributed by atoms with Gasteiger partial charge in [0, 0.05) is 10.0 Å². The second-order valence-corrected chi connectivity index (χ2v) is 4.93. The van der Waals surface area contributed by atoms with Gasteiger partial charge >= 0.3 is 0 Å². The summed E-state index contributed by atoms with van der Waals surface area (Å²) >= 11 is 11.9. The first-order valence-corrected chi connectivity index (χ1v) is 6.50. The van der Waals surface area contributed by atoms with Crippen LogP contribution in [0.3, 0.4) is 0 Å². The number of halogens is 2. The van der Waals surface area contributed by atoms with Crippen LogP contribution < -0.4 is 5.32 Å². The van der Waals surface area contributed by atoms with E-state index in [-0.39, 0.29) is 11.6 Å². The highest BCUT2D eigenvalue weighted by Gasteiger charge is 2.22. The zero-order valence-electron chi connectivity index (χ0n) is 10.1. The summed E-state index contributed by atoms with van der Waals surface area (Å²) in [5.74, 6) is 0.586. The van der Waals surface area contributed by atoms with Crippen LogP contribution in [0, 0.1) is 0 Å². The zero-order chi connectivity index (χ0) is 14.1. The maximum atomic E-state index is 11.9. The highest BCUT2D eigenvalue weighted by Crippen LogP contribution is 2.24. The number of benzene rings is 1. The van der Waals surface area contributed by atoms with Crippen molar-refractivity contribution in [3.05, 3.63) is 63.7 Å². The van der Waals surface area contributed by atoms with E-state index in [1.807, 2.05) is 0 Å². The second kappa shape index (κ2) is 5.15. The van der Waals surface area contributed by atoms with Gasteiger partial charge in [0.25, 0.3) is 5.91 Å². The van der Waals surface area contributed by atoms with Gasteiger partial charge in [-0.05, 0) is 35.9 Å². The lowest BCUT2D eigenvalue weighted by molar-refractivity contribution is -0.115. The lowest BCUT2D eigenvalue weighted by atomic mass is 10.2. The predicted octanol–water partition coefficient (Wildman–Crippen LogP) is 3.50. The standard InChI is InChI=1S/C14H8Cl2N2O2/c15-9-4-3-8(10(16)7-9)6-11-14(19)18-13(17-11)12-2-1-5-20-12/h1-7H,(H,17,18,19). The van der Waals surface area contributed by atoms with Crippen LogP contribution in [0.4, 0.5) is 0 Å². The molecule has 1 aliphatic heterocycles. The molecular formula is C14H8Cl2N2O2. The summed E-state index contributed by atoms with van der Waals surface area (Å²) in [6, 6.07) is 8.48. The molecule has 4 nitrogen and oxygen atoms in total. The number of aliphatic imine (C=N–C) groups is 1. The number of rotatable bonds is 2. The highest BCUT2D eigenvalue weighted by atomic mass is 35.5. The minimum atomic E-state index is -0.303. The van der Waals surface area contributed by atoms with Crippen molar-refractivity contribution in [2.24, 2.45) is 4.99 Å². The molecular weight excluding hydrogens is 299 g/mol. The van der Waals surface area contributed by atoms with Gasteiger partial charge in [0.1, 0.15) is 5.70 Å². The number of furan rings is 1. The first-order valence-electron chi connectivity index (χ1n) is 5.74. The normalized spacial score (nSPS) is 16.4. The quantitative estimate of drug-likeness (QED) is 0.863. The predicted molar refractivity (Wildman–Crippen MR) is 77.8 cm³/mol. The summed E-state index contributed by atoms with van der Waals surface area (Å²) in [7, 11) is 0. The Morgan fingerprint density at radius 2 is 2.10 bits per heavy atom. The molecule has 0 unspecified atom stereocenters. The summed E-state index contributed by atoms with van der Waals surface area (Å²) in [5, 5.41) is 3.63. The van der Waals surface area contributed by atoms with E-state index in [1.165, 1.54) is 6.26 Å². The average molecular weight is 307 g/mol. The van der Waals surface area contributed by atoms with Crippen molar-refractivity contribution >= 4 is 41.0 Å². The van der Waals surface area contributed by atoms with Crippen molar-refractivity contribution in [2.75, 3.05) is 0 Å². The van der Waals surface area contributed by atoms with Gasteiger partial charge in [-0.1, -0.05) is 29.3 Å². The summed E-state index contributed by atoms with van der Waals surface area (Å²) in [5.41, 5.74) is 0.936. The second-order valence-electron chi connectivity index (χ2n) is 4.09. The fraction of sp³-hybridized carbons (Fsp3) is 0. The molecule has 0 aliphatic carbocycles. The third kappa shape index (κ3) is 2.48. The largest absolute Gasteiger partial charge is 0.461 e. The molecule has 1 aliphatic rings. The van der Waals surface area contributed by atoms with Crippen LogP contribution in [0.1, 0.15) is 11.3 Å². The van der Waals surface area contributed by atoms with Gasteiger partial charge in [-0.15, -0.1) is 0 Å². The van der Waals surface area contributed by atoms with Crippen LogP contribution in [0.2, 0.25) is 10.0 Å². The fourth-order valence-electron chi connectivity index (χ4n) is 1.76. The molecule has 0 bridgehead atoms. The Morgan fingerprint density at radius 3 is 2.80 bits per heavy atom. The first kappa shape index (κ1) is 13.0. The number of carbonyl (C=O) groups is 1. The minimum Gasteiger partial charge on any atom is -0.461 e. The molecule has 1 aromatic carbocycles. The molecule has 3 rings (SSSR count). The highest BCUT2D eigenvalue weighted by molar-refractivity contribution is 6.35. The molecule has 1 amide bonds. The Bertz CT molecular complexity index is 734. The Kier molecular flexibility index (Phi) is 3.34. The van der Waals surface area contributed by atoms with Crippen LogP contribution in [-0.4, -0.2) is 11.7 Å². The number of nitrogens with zero attached hydrogens (tertiary/aromatic N) is 1. The fourth-order valence-corrected chi connectivity index (χ4v) is 2.23. The van der Waals surface area contributed by atoms with Gasteiger partial charge in [0.05, 0.1) is 6.26 Å². The van der Waals surface area contributed by atoms with Crippen molar-refractivity contribution in [3.8, 4) is 0 Å². The van der Waals surface area contributed by atoms with E-state index in [0.29, 0.717) is 27.2 Å².